The van der Waals surface area contributed by atoms with Crippen LogP contribution in [-0.2, 0) is 0 Å². The Balaban J connectivity index is 1.16. The van der Waals surface area contributed by atoms with Crippen LogP contribution in [0.15, 0.2) is 188 Å². The molecule has 0 N–H and O–H groups in total. The van der Waals surface area contributed by atoms with E-state index >= 15 is 0 Å². The fraction of sp³-hybridized carbons (Fsp3) is 0. The minimum atomic E-state index is -2.17. The molecule has 9 aromatic carbocycles. The quantitative estimate of drug-likeness (QED) is 0.131. The summed E-state index contributed by atoms with van der Waals surface area (Å²) < 4.78 is 0. The average Bonchev–Trinajstić information content (AvgIpc) is 3.17. The Morgan fingerprint density at radius 2 is 0.625 bits per heavy atom. The predicted molar refractivity (Wildman–Crippen MR) is 213 cm³/mol. The number of hydrogen-bond acceptors (Lipinski definition) is 0. The van der Waals surface area contributed by atoms with E-state index in [1.807, 2.05) is 0 Å². The molecule has 0 fully saturated rings. The van der Waals surface area contributed by atoms with Crippen LogP contribution in [0.3, 0.4) is 0 Å². The molecule has 0 radical (unpaired) electrons. The summed E-state index contributed by atoms with van der Waals surface area (Å²) >= 11 is 0. The molecule has 0 nitrogen and oxygen atoms in total. The van der Waals surface area contributed by atoms with E-state index in [1.54, 1.807) is 0 Å². The van der Waals surface area contributed by atoms with E-state index in [4.69, 9.17) is 6.30 Å². The van der Waals surface area contributed by atoms with Gasteiger partial charge in [-0.2, -0.15) is 0 Å². The van der Waals surface area contributed by atoms with Gasteiger partial charge in [0.05, 0.1) is 0 Å². The molecule has 0 bridgehead atoms. The number of fused-ring (bicyclic) bond motifs is 6. The second-order valence-electron chi connectivity index (χ2n) is 12.6. The topological polar surface area (TPSA) is 0 Å². The lowest BCUT2D eigenvalue weighted by Crippen LogP contribution is -2.25. The molecule has 1 heteroatoms. The maximum absolute atomic E-state index is 5.08. The third-order valence-corrected chi connectivity index (χ3v) is 13.5. The van der Waals surface area contributed by atoms with Gasteiger partial charge in [-0.15, -0.1) is 0 Å². The van der Waals surface area contributed by atoms with Crippen molar-refractivity contribution in [1.82, 2.24) is 0 Å². The molecule has 0 aromatic heterocycles. The SMILES string of the molecule is C=P(c1ccccc1)(c1ccc(-c2cc3ccccc3c3ccccc23)cc1)c1ccc(-c2cc3ccccc3c3ccccc23)cc1. The molecular formula is C47H33P. The summed E-state index contributed by atoms with van der Waals surface area (Å²) in [6.45, 7) is -2.17. The van der Waals surface area contributed by atoms with Gasteiger partial charge in [0, 0.05) is 0 Å². The van der Waals surface area contributed by atoms with Gasteiger partial charge >= 0.3 is 0 Å². The molecule has 0 aliphatic heterocycles. The lowest BCUT2D eigenvalue weighted by Gasteiger charge is -2.27. The first-order valence-electron chi connectivity index (χ1n) is 16.5. The molecule has 0 amide bonds. The van der Waals surface area contributed by atoms with E-state index < -0.39 is 6.89 Å². The fourth-order valence-corrected chi connectivity index (χ4v) is 10.4. The smallest absolute Gasteiger partial charge is 0.00990 e. The van der Waals surface area contributed by atoms with Crippen LogP contribution in [0, 0.1) is 0 Å². The Bertz CT molecular complexity index is 2500. The van der Waals surface area contributed by atoms with Crippen LogP contribution in [0.2, 0.25) is 0 Å². The summed E-state index contributed by atoms with van der Waals surface area (Å²) in [5.41, 5.74) is 4.96. The molecule has 0 unspecified atom stereocenters. The molecule has 48 heavy (non-hydrogen) atoms. The summed E-state index contributed by atoms with van der Waals surface area (Å²) in [7, 11) is 0. The van der Waals surface area contributed by atoms with Gasteiger partial charge in [0.25, 0.3) is 0 Å². The zero-order valence-corrected chi connectivity index (χ0v) is 27.4. The Kier molecular flexibility index (Phi) is 6.86. The third kappa shape index (κ3) is 4.61. The van der Waals surface area contributed by atoms with Gasteiger partial charge in [-0.3, -0.25) is 0 Å². The monoisotopic (exact) mass is 628 g/mol. The second kappa shape index (κ2) is 11.5. The van der Waals surface area contributed by atoms with Crippen molar-refractivity contribution >= 4 is 72.2 Å². The van der Waals surface area contributed by atoms with Crippen molar-refractivity contribution in [2.45, 2.75) is 0 Å². The molecular weight excluding hydrogens is 595 g/mol. The van der Waals surface area contributed by atoms with Crippen molar-refractivity contribution in [2.24, 2.45) is 0 Å². The lowest BCUT2D eigenvalue weighted by molar-refractivity contribution is 1.68. The molecule has 0 aliphatic carbocycles. The predicted octanol–water partition coefficient (Wildman–Crippen LogP) is 11.4. The lowest BCUT2D eigenvalue weighted by atomic mass is 9.93. The molecule has 9 aromatic rings. The van der Waals surface area contributed by atoms with Crippen LogP contribution >= 0.6 is 6.89 Å². The van der Waals surface area contributed by atoms with Gasteiger partial charge in [0.15, 0.2) is 0 Å². The second-order valence-corrected chi connectivity index (χ2v) is 15.8. The first-order valence-corrected chi connectivity index (χ1v) is 18.5. The molecule has 226 valence electrons. The summed E-state index contributed by atoms with van der Waals surface area (Å²) in [5.74, 6) is 0. The molecule has 0 atom stereocenters. The van der Waals surface area contributed by atoms with Crippen LogP contribution in [-0.4, -0.2) is 6.30 Å². The molecule has 0 saturated heterocycles. The number of hydrogen-bond donors (Lipinski definition) is 0. The van der Waals surface area contributed by atoms with Crippen molar-refractivity contribution in [3.05, 3.63) is 188 Å². The van der Waals surface area contributed by atoms with Crippen molar-refractivity contribution in [3.63, 3.8) is 0 Å². The van der Waals surface area contributed by atoms with Crippen molar-refractivity contribution in [1.29, 1.82) is 0 Å². The standard InChI is InChI=1S/C47H33P/c1-48(37-15-3-2-4-16-37,38-27-23-33(24-28-38)46-31-35-13-5-7-17-40(35)42-19-9-11-21-44(42)46)39-29-25-34(26-30-39)47-32-36-14-6-8-18-41(36)43-20-10-12-22-45(43)47/h2-32H,1H2. The molecule has 0 saturated carbocycles. The van der Waals surface area contributed by atoms with Crippen LogP contribution < -0.4 is 15.9 Å². The maximum atomic E-state index is 5.08. The van der Waals surface area contributed by atoms with Crippen molar-refractivity contribution < 1.29 is 0 Å². The highest BCUT2D eigenvalue weighted by molar-refractivity contribution is 7.93. The first-order chi connectivity index (χ1) is 23.7. The van der Waals surface area contributed by atoms with Gasteiger partial charge in [-0.1, -0.05) is 182 Å². The van der Waals surface area contributed by atoms with Crippen LogP contribution in [0.25, 0.3) is 65.3 Å². The Morgan fingerprint density at radius 1 is 0.292 bits per heavy atom. The highest BCUT2D eigenvalue weighted by Gasteiger charge is 2.23. The fourth-order valence-electron chi connectivity index (χ4n) is 7.51. The first kappa shape index (κ1) is 28.5. The van der Waals surface area contributed by atoms with Crippen LogP contribution in [0.1, 0.15) is 0 Å². The van der Waals surface area contributed by atoms with Gasteiger partial charge in [-0.25, -0.2) is 0 Å². The van der Waals surface area contributed by atoms with Crippen molar-refractivity contribution in [3.8, 4) is 22.3 Å². The Labute approximate surface area is 281 Å². The molecule has 0 aliphatic rings. The highest BCUT2D eigenvalue weighted by atomic mass is 31.2. The minimum Gasteiger partial charge on any atom is -0.0887 e. The van der Waals surface area contributed by atoms with Crippen LogP contribution in [0.4, 0.5) is 0 Å². The average molecular weight is 629 g/mol. The highest BCUT2D eigenvalue weighted by Crippen LogP contribution is 2.44. The van der Waals surface area contributed by atoms with Gasteiger partial charge in [0.1, 0.15) is 0 Å². The molecule has 0 spiro atoms. The van der Waals surface area contributed by atoms with E-state index in [1.165, 1.54) is 81.3 Å². The Hall–Kier alpha value is -5.68. The maximum Gasteiger partial charge on any atom is -0.00990 e. The summed E-state index contributed by atoms with van der Waals surface area (Å²) in [6.07, 6.45) is 5.08. The molecule has 0 heterocycles. The summed E-state index contributed by atoms with van der Waals surface area (Å²) in [6, 6.07) is 68.9. The summed E-state index contributed by atoms with van der Waals surface area (Å²) in [5, 5.41) is 14.1. The number of rotatable bonds is 5. The minimum absolute atomic E-state index is 1.22. The van der Waals surface area contributed by atoms with E-state index in [0.717, 1.165) is 0 Å². The van der Waals surface area contributed by atoms with E-state index in [0.29, 0.717) is 0 Å². The largest absolute Gasteiger partial charge is 0.0887 e. The normalized spacial score (nSPS) is 11.8. The summed E-state index contributed by atoms with van der Waals surface area (Å²) in [4.78, 5) is 0. The zero-order chi connectivity index (χ0) is 32.1. The van der Waals surface area contributed by atoms with Gasteiger partial charge in [0.2, 0.25) is 0 Å². The van der Waals surface area contributed by atoms with Gasteiger partial charge in [-0.05, 0) is 100 Å². The molecule has 9 rings (SSSR count). The zero-order valence-electron chi connectivity index (χ0n) is 26.6. The van der Waals surface area contributed by atoms with E-state index in [9.17, 15) is 0 Å². The van der Waals surface area contributed by atoms with Crippen molar-refractivity contribution in [2.75, 3.05) is 0 Å². The van der Waals surface area contributed by atoms with E-state index in [-0.39, 0.29) is 0 Å². The third-order valence-electron chi connectivity index (χ3n) is 9.97. The number of benzene rings is 9. The van der Waals surface area contributed by atoms with Gasteiger partial charge < -0.3 is 0 Å². The Morgan fingerprint density at radius 3 is 1.06 bits per heavy atom. The van der Waals surface area contributed by atoms with Crippen LogP contribution in [0.5, 0.6) is 0 Å². The van der Waals surface area contributed by atoms with E-state index in [2.05, 4.69) is 188 Å².